The fourth-order valence-corrected chi connectivity index (χ4v) is 1.77. The van der Waals surface area contributed by atoms with Crippen LogP contribution < -0.4 is 10.1 Å². The number of halogens is 1. The maximum absolute atomic E-state index is 13.5. The predicted molar refractivity (Wildman–Crippen MR) is 59.0 cm³/mol. The minimum atomic E-state index is -0.242. The first-order chi connectivity index (χ1) is 6.99. The van der Waals surface area contributed by atoms with Crippen LogP contribution in [-0.4, -0.2) is 12.1 Å². The molecule has 0 unspecified atom stereocenters. The summed E-state index contributed by atoms with van der Waals surface area (Å²) < 4.78 is 19.4. The van der Waals surface area contributed by atoms with Crippen LogP contribution in [0.25, 0.3) is 0 Å². The summed E-state index contributed by atoms with van der Waals surface area (Å²) in [5, 5.41) is 3.09. The number of hydrogen-bond acceptors (Lipinski definition) is 2. The molecule has 1 aromatic rings. The fraction of sp³-hybridized carbons (Fsp3) is 0.500. The number of nitrogens with one attached hydrogen (secondary N) is 1. The molecule has 1 aliphatic heterocycles. The molecule has 0 aliphatic carbocycles. The summed E-state index contributed by atoms with van der Waals surface area (Å²) in [6.07, 6.45) is 0.862. The summed E-state index contributed by atoms with van der Waals surface area (Å²) in [6, 6.07) is 3.22. The first kappa shape index (κ1) is 10.3. The van der Waals surface area contributed by atoms with Crippen molar-refractivity contribution in [2.24, 2.45) is 0 Å². The zero-order chi connectivity index (χ0) is 11.1. The summed E-state index contributed by atoms with van der Waals surface area (Å²) in [6.45, 7) is 6.71. The van der Waals surface area contributed by atoms with Crippen LogP contribution in [0.4, 0.5) is 10.1 Å². The van der Waals surface area contributed by atoms with Gasteiger partial charge in [-0.3, -0.25) is 0 Å². The van der Waals surface area contributed by atoms with Gasteiger partial charge in [-0.2, -0.15) is 0 Å². The Bertz CT molecular complexity index is 387. The molecule has 1 aromatic carbocycles. The van der Waals surface area contributed by atoms with Crippen LogP contribution in [0.3, 0.4) is 0 Å². The number of aryl methyl sites for hydroxylation is 1. The van der Waals surface area contributed by atoms with Crippen LogP contribution in [0.15, 0.2) is 12.1 Å². The molecule has 0 aromatic heterocycles. The van der Waals surface area contributed by atoms with Crippen LogP contribution in [0, 0.1) is 12.7 Å². The van der Waals surface area contributed by atoms with E-state index in [9.17, 15) is 4.39 Å². The molecular formula is C12H16FNO. The van der Waals surface area contributed by atoms with Gasteiger partial charge in [0.1, 0.15) is 22.9 Å². The lowest BCUT2D eigenvalue weighted by molar-refractivity contribution is 0.107. The van der Waals surface area contributed by atoms with Gasteiger partial charge in [-0.05, 0) is 32.4 Å². The molecule has 1 N–H and O–H groups in total. The molecule has 3 heteroatoms. The van der Waals surface area contributed by atoms with E-state index >= 15 is 0 Å². The first-order valence-corrected chi connectivity index (χ1v) is 5.22. The van der Waals surface area contributed by atoms with Crippen molar-refractivity contribution in [3.63, 3.8) is 0 Å². The van der Waals surface area contributed by atoms with Gasteiger partial charge in [-0.15, -0.1) is 0 Å². The molecule has 0 saturated heterocycles. The van der Waals surface area contributed by atoms with Crippen molar-refractivity contribution >= 4 is 5.69 Å². The second-order valence-corrected chi connectivity index (χ2v) is 4.61. The minimum absolute atomic E-state index is 0.239. The second-order valence-electron chi connectivity index (χ2n) is 4.61. The summed E-state index contributed by atoms with van der Waals surface area (Å²) >= 11 is 0. The van der Waals surface area contributed by atoms with Crippen molar-refractivity contribution in [2.75, 3.05) is 11.9 Å². The van der Waals surface area contributed by atoms with Gasteiger partial charge < -0.3 is 10.1 Å². The zero-order valence-electron chi connectivity index (χ0n) is 9.36. The Morgan fingerprint density at radius 2 is 2.13 bits per heavy atom. The summed E-state index contributed by atoms with van der Waals surface area (Å²) in [4.78, 5) is 0. The van der Waals surface area contributed by atoms with E-state index in [1.165, 1.54) is 6.07 Å². The lowest BCUT2D eigenvalue weighted by Crippen LogP contribution is -2.28. The third-order valence-corrected chi connectivity index (χ3v) is 2.71. The molecule has 15 heavy (non-hydrogen) atoms. The van der Waals surface area contributed by atoms with Crippen LogP contribution in [0.2, 0.25) is 0 Å². The molecule has 1 heterocycles. The Hall–Kier alpha value is -1.25. The van der Waals surface area contributed by atoms with Crippen LogP contribution in [0.5, 0.6) is 5.75 Å². The third-order valence-electron chi connectivity index (χ3n) is 2.71. The Morgan fingerprint density at radius 1 is 1.40 bits per heavy atom. The maximum Gasteiger partial charge on any atom is 0.150 e. The molecule has 0 spiro atoms. The van der Waals surface area contributed by atoms with E-state index in [-0.39, 0.29) is 11.4 Å². The standard InChI is InChI=1S/C12H16FNO/c1-8-4-5-9(13)10-11(8)15-12(2,3)6-7-14-10/h4-5,14H,6-7H2,1-3H3. The van der Waals surface area contributed by atoms with E-state index in [1.807, 2.05) is 20.8 Å². The first-order valence-electron chi connectivity index (χ1n) is 5.22. The van der Waals surface area contributed by atoms with Crippen molar-refractivity contribution in [3.05, 3.63) is 23.5 Å². The highest BCUT2D eigenvalue weighted by atomic mass is 19.1. The predicted octanol–water partition coefficient (Wildman–Crippen LogP) is 3.11. The summed E-state index contributed by atoms with van der Waals surface area (Å²) in [7, 11) is 0. The van der Waals surface area contributed by atoms with E-state index in [2.05, 4.69) is 5.32 Å². The van der Waals surface area contributed by atoms with Gasteiger partial charge in [0.25, 0.3) is 0 Å². The van der Waals surface area contributed by atoms with Crippen molar-refractivity contribution in [3.8, 4) is 5.75 Å². The van der Waals surface area contributed by atoms with Crippen LogP contribution in [0.1, 0.15) is 25.8 Å². The number of ether oxygens (including phenoxy) is 1. The largest absolute Gasteiger partial charge is 0.485 e. The number of anilines is 1. The average molecular weight is 209 g/mol. The van der Waals surface area contributed by atoms with E-state index in [0.29, 0.717) is 11.4 Å². The highest BCUT2D eigenvalue weighted by molar-refractivity contribution is 5.61. The average Bonchev–Trinajstić information content (AvgIpc) is 2.31. The summed E-state index contributed by atoms with van der Waals surface area (Å²) in [5.74, 6) is 0.408. The Balaban J connectivity index is 2.51. The smallest absolute Gasteiger partial charge is 0.150 e. The van der Waals surface area contributed by atoms with E-state index in [4.69, 9.17) is 4.74 Å². The van der Waals surface area contributed by atoms with Gasteiger partial charge >= 0.3 is 0 Å². The number of rotatable bonds is 0. The van der Waals surface area contributed by atoms with E-state index in [1.54, 1.807) is 6.07 Å². The van der Waals surface area contributed by atoms with Gasteiger partial charge in [-0.25, -0.2) is 4.39 Å². The van der Waals surface area contributed by atoms with Crippen molar-refractivity contribution < 1.29 is 9.13 Å². The lowest BCUT2D eigenvalue weighted by atomic mass is 10.1. The van der Waals surface area contributed by atoms with Crippen molar-refractivity contribution in [2.45, 2.75) is 32.8 Å². The number of hydrogen-bond donors (Lipinski definition) is 1. The molecule has 0 atom stereocenters. The maximum atomic E-state index is 13.5. The molecule has 0 saturated carbocycles. The summed E-state index contributed by atoms with van der Waals surface area (Å²) in [5.41, 5.74) is 1.23. The zero-order valence-corrected chi connectivity index (χ0v) is 9.36. The minimum Gasteiger partial charge on any atom is -0.485 e. The highest BCUT2D eigenvalue weighted by Crippen LogP contribution is 2.36. The molecule has 0 radical (unpaired) electrons. The Kier molecular flexibility index (Phi) is 2.33. The normalized spacial score (nSPS) is 18.4. The second kappa shape index (κ2) is 3.40. The molecule has 82 valence electrons. The lowest BCUT2D eigenvalue weighted by Gasteiger charge is -2.24. The molecule has 1 aliphatic rings. The van der Waals surface area contributed by atoms with Gasteiger partial charge in [0.2, 0.25) is 0 Å². The van der Waals surface area contributed by atoms with Gasteiger partial charge in [-0.1, -0.05) is 6.07 Å². The van der Waals surface area contributed by atoms with Crippen molar-refractivity contribution in [1.82, 2.24) is 0 Å². The van der Waals surface area contributed by atoms with E-state index < -0.39 is 0 Å². The molecule has 2 rings (SSSR count). The molecule has 2 nitrogen and oxygen atoms in total. The van der Waals surface area contributed by atoms with Crippen molar-refractivity contribution in [1.29, 1.82) is 0 Å². The van der Waals surface area contributed by atoms with Crippen LogP contribution >= 0.6 is 0 Å². The number of fused-ring (bicyclic) bond motifs is 1. The molecule has 0 bridgehead atoms. The van der Waals surface area contributed by atoms with E-state index in [0.717, 1.165) is 18.5 Å². The van der Waals surface area contributed by atoms with Gasteiger partial charge in [0.15, 0.2) is 0 Å². The fourth-order valence-electron chi connectivity index (χ4n) is 1.77. The molecule has 0 amide bonds. The van der Waals surface area contributed by atoms with Crippen LogP contribution in [-0.2, 0) is 0 Å². The van der Waals surface area contributed by atoms with Gasteiger partial charge in [0.05, 0.1) is 0 Å². The van der Waals surface area contributed by atoms with Gasteiger partial charge in [0, 0.05) is 13.0 Å². The number of benzene rings is 1. The Labute approximate surface area is 89.4 Å². The molecule has 0 fully saturated rings. The Morgan fingerprint density at radius 3 is 2.87 bits per heavy atom. The third kappa shape index (κ3) is 1.91. The highest BCUT2D eigenvalue weighted by Gasteiger charge is 2.26. The SMILES string of the molecule is Cc1ccc(F)c2c1OC(C)(C)CCN2. The quantitative estimate of drug-likeness (QED) is 0.709. The molecular weight excluding hydrogens is 193 g/mol. The topological polar surface area (TPSA) is 21.3 Å². The monoisotopic (exact) mass is 209 g/mol.